The van der Waals surface area contributed by atoms with Gasteiger partial charge in [-0.25, -0.2) is 13.6 Å². The molecule has 0 unspecified atom stereocenters. The van der Waals surface area contributed by atoms with E-state index < -0.39 is 17.6 Å². The summed E-state index contributed by atoms with van der Waals surface area (Å²) in [6.45, 7) is 0.352. The van der Waals surface area contributed by atoms with Crippen LogP contribution in [-0.2, 0) is 13.0 Å². The van der Waals surface area contributed by atoms with Crippen molar-refractivity contribution in [2.24, 2.45) is 0 Å². The minimum absolute atomic E-state index is 0.259. The third-order valence-electron chi connectivity index (χ3n) is 5.75. The van der Waals surface area contributed by atoms with Gasteiger partial charge >= 0.3 is 5.97 Å². The average molecular weight is 418 g/mol. The van der Waals surface area contributed by atoms with Crippen molar-refractivity contribution in [2.75, 3.05) is 0 Å². The van der Waals surface area contributed by atoms with Crippen LogP contribution in [0.1, 0.15) is 51.5 Å². The molecule has 1 N–H and O–H groups in total. The van der Waals surface area contributed by atoms with E-state index in [2.05, 4.69) is 4.98 Å². The number of carboxylic acid groups (broad SMARTS) is 1. The highest BCUT2D eigenvalue weighted by atomic mass is 19.1. The van der Waals surface area contributed by atoms with Gasteiger partial charge in [0.25, 0.3) is 0 Å². The normalized spacial score (nSPS) is 13.6. The molecule has 1 aliphatic carbocycles. The smallest absolute Gasteiger partial charge is 0.337 e. The number of carbonyl (C=O) groups is 1. The molecule has 0 aliphatic heterocycles. The van der Waals surface area contributed by atoms with Crippen LogP contribution in [0.5, 0.6) is 0 Å². The predicted molar refractivity (Wildman–Crippen MR) is 113 cm³/mol. The molecule has 1 saturated carbocycles. The molecule has 2 aromatic heterocycles. The number of halogens is 2. The van der Waals surface area contributed by atoms with E-state index in [-0.39, 0.29) is 5.56 Å². The van der Waals surface area contributed by atoms with Gasteiger partial charge in [0, 0.05) is 36.9 Å². The Hall–Kier alpha value is -3.54. The number of nitrogens with zero attached hydrogens (tertiary/aromatic N) is 2. The lowest BCUT2D eigenvalue weighted by molar-refractivity contribution is 0.0695. The van der Waals surface area contributed by atoms with Crippen molar-refractivity contribution in [2.45, 2.75) is 31.7 Å². The highest BCUT2D eigenvalue weighted by Crippen LogP contribution is 2.40. The fourth-order valence-electron chi connectivity index (χ4n) is 4.06. The Morgan fingerprint density at radius 2 is 1.81 bits per heavy atom. The average Bonchev–Trinajstić information content (AvgIpc) is 3.50. The summed E-state index contributed by atoms with van der Waals surface area (Å²) >= 11 is 0. The van der Waals surface area contributed by atoms with E-state index in [1.54, 1.807) is 12.3 Å². The van der Waals surface area contributed by atoms with Gasteiger partial charge in [0.1, 0.15) is 11.6 Å². The van der Waals surface area contributed by atoms with Crippen molar-refractivity contribution in [3.63, 3.8) is 0 Å². The Bertz CT molecular complexity index is 1290. The second-order valence-electron chi connectivity index (χ2n) is 8.13. The Morgan fingerprint density at radius 3 is 2.52 bits per heavy atom. The molecule has 2 heterocycles. The number of hydrogen-bond donors (Lipinski definition) is 1. The lowest BCUT2D eigenvalue weighted by Gasteiger charge is -2.09. The number of benzene rings is 2. The number of carboxylic acids is 1. The van der Waals surface area contributed by atoms with Gasteiger partial charge < -0.3 is 9.67 Å². The van der Waals surface area contributed by atoms with Crippen molar-refractivity contribution >= 4 is 16.9 Å². The van der Waals surface area contributed by atoms with Crippen molar-refractivity contribution in [3.8, 4) is 0 Å². The highest BCUT2D eigenvalue weighted by molar-refractivity contribution is 5.89. The fraction of sp³-hybridized carbons (Fsp3) is 0.200. The van der Waals surface area contributed by atoms with Gasteiger partial charge in [-0.2, -0.15) is 0 Å². The molecular formula is C25H20F2N2O2. The lowest BCUT2D eigenvalue weighted by Crippen LogP contribution is -2.07. The van der Waals surface area contributed by atoms with Crippen LogP contribution >= 0.6 is 0 Å². The van der Waals surface area contributed by atoms with Crippen molar-refractivity contribution in [1.29, 1.82) is 0 Å². The first-order chi connectivity index (χ1) is 15.0. The summed E-state index contributed by atoms with van der Waals surface area (Å²) in [4.78, 5) is 16.2. The molecule has 0 radical (unpaired) electrons. The van der Waals surface area contributed by atoms with Gasteiger partial charge in [0.05, 0.1) is 11.3 Å². The zero-order valence-corrected chi connectivity index (χ0v) is 16.7. The first-order valence-corrected chi connectivity index (χ1v) is 10.2. The summed E-state index contributed by atoms with van der Waals surface area (Å²) in [6.07, 6.45) is 6.28. The zero-order chi connectivity index (χ0) is 21.5. The van der Waals surface area contributed by atoms with E-state index in [0.717, 1.165) is 40.9 Å². The Balaban J connectivity index is 1.42. The third-order valence-corrected chi connectivity index (χ3v) is 5.75. The molecule has 6 heteroatoms. The summed E-state index contributed by atoms with van der Waals surface area (Å²) in [7, 11) is 0. The van der Waals surface area contributed by atoms with E-state index in [0.29, 0.717) is 30.1 Å². The molecule has 0 spiro atoms. The first kappa shape index (κ1) is 19.4. The van der Waals surface area contributed by atoms with Crippen LogP contribution in [0.25, 0.3) is 10.9 Å². The Kier molecular flexibility index (Phi) is 4.77. The lowest BCUT2D eigenvalue weighted by atomic mass is 10.0. The van der Waals surface area contributed by atoms with Crippen LogP contribution in [-0.4, -0.2) is 20.6 Å². The molecule has 156 valence electrons. The summed E-state index contributed by atoms with van der Waals surface area (Å²) in [6, 6.07) is 13.1. The summed E-state index contributed by atoms with van der Waals surface area (Å²) in [5.74, 6) is -1.70. The quantitative estimate of drug-likeness (QED) is 0.448. The monoisotopic (exact) mass is 418 g/mol. The molecule has 1 aliphatic rings. The summed E-state index contributed by atoms with van der Waals surface area (Å²) in [5, 5.41) is 10.6. The van der Waals surface area contributed by atoms with E-state index in [9.17, 15) is 18.7 Å². The van der Waals surface area contributed by atoms with Crippen LogP contribution in [0.15, 0.2) is 60.9 Å². The maximum atomic E-state index is 13.5. The van der Waals surface area contributed by atoms with Gasteiger partial charge in [-0.05, 0) is 77.2 Å². The predicted octanol–water partition coefficient (Wildman–Crippen LogP) is 5.53. The fourth-order valence-corrected chi connectivity index (χ4v) is 4.06. The molecule has 0 saturated heterocycles. The Labute approximate surface area is 177 Å². The topological polar surface area (TPSA) is 55.1 Å². The standard InChI is InChI=1S/C25H20F2N2O2/c26-20-8-16(9-21(27)12-20)14-29-6-5-18-7-15(1-4-24(18)29)10-23-22(25(30)31)11-19(13-28-23)17-2-3-17/h1,4-9,11-13,17H,2-3,10,14H2,(H,30,31). The molecular weight excluding hydrogens is 398 g/mol. The van der Waals surface area contributed by atoms with Crippen molar-refractivity contribution in [3.05, 3.63) is 101 Å². The second-order valence-corrected chi connectivity index (χ2v) is 8.13. The van der Waals surface area contributed by atoms with Crippen molar-refractivity contribution in [1.82, 2.24) is 9.55 Å². The molecule has 0 amide bonds. The van der Waals surface area contributed by atoms with Gasteiger partial charge in [-0.3, -0.25) is 4.98 Å². The van der Waals surface area contributed by atoms with Crippen molar-refractivity contribution < 1.29 is 18.7 Å². The van der Waals surface area contributed by atoms with Gasteiger partial charge in [0.2, 0.25) is 0 Å². The van der Waals surface area contributed by atoms with Crippen LogP contribution in [0, 0.1) is 11.6 Å². The molecule has 5 rings (SSSR count). The third kappa shape index (κ3) is 4.06. The minimum Gasteiger partial charge on any atom is -0.478 e. The maximum Gasteiger partial charge on any atom is 0.337 e. The van der Waals surface area contributed by atoms with Crippen LogP contribution in [0.3, 0.4) is 0 Å². The van der Waals surface area contributed by atoms with Gasteiger partial charge in [-0.15, -0.1) is 0 Å². The second kappa shape index (κ2) is 7.61. The van der Waals surface area contributed by atoms with Crippen LogP contribution in [0.2, 0.25) is 0 Å². The number of pyridine rings is 1. The van der Waals surface area contributed by atoms with Gasteiger partial charge in [-0.1, -0.05) is 6.07 Å². The maximum absolute atomic E-state index is 13.5. The number of aromatic nitrogens is 2. The van der Waals surface area contributed by atoms with E-state index in [4.69, 9.17) is 0 Å². The molecule has 2 aromatic carbocycles. The van der Waals surface area contributed by atoms with E-state index in [1.165, 1.54) is 12.1 Å². The number of rotatable bonds is 6. The zero-order valence-electron chi connectivity index (χ0n) is 16.7. The number of hydrogen-bond acceptors (Lipinski definition) is 2. The molecule has 4 aromatic rings. The first-order valence-electron chi connectivity index (χ1n) is 10.2. The summed E-state index contributed by atoms with van der Waals surface area (Å²) < 4.78 is 28.9. The molecule has 31 heavy (non-hydrogen) atoms. The SMILES string of the molecule is O=C(O)c1cc(C2CC2)cnc1Cc1ccc2c(ccn2Cc2cc(F)cc(F)c2)c1. The molecule has 4 nitrogen and oxygen atoms in total. The van der Waals surface area contributed by atoms with E-state index in [1.807, 2.05) is 35.0 Å². The number of aromatic carboxylic acids is 1. The van der Waals surface area contributed by atoms with Crippen LogP contribution in [0.4, 0.5) is 8.78 Å². The van der Waals surface area contributed by atoms with E-state index >= 15 is 0 Å². The largest absolute Gasteiger partial charge is 0.478 e. The van der Waals surface area contributed by atoms with Gasteiger partial charge in [0.15, 0.2) is 0 Å². The highest BCUT2D eigenvalue weighted by Gasteiger charge is 2.25. The molecule has 1 fully saturated rings. The number of fused-ring (bicyclic) bond motifs is 1. The van der Waals surface area contributed by atoms with Crippen LogP contribution < -0.4 is 0 Å². The summed E-state index contributed by atoms with van der Waals surface area (Å²) in [5.41, 5.74) is 4.24. The molecule has 0 bridgehead atoms. The Morgan fingerprint density at radius 1 is 1.03 bits per heavy atom. The molecule has 0 atom stereocenters. The minimum atomic E-state index is -0.959.